The molecule has 0 aromatic heterocycles. The largest absolute Gasteiger partial charge is 0.368 e. The Labute approximate surface area is 156 Å². The average Bonchev–Trinajstić information content (AvgIpc) is 2.80. The minimum atomic E-state index is -0.366. The van der Waals surface area contributed by atoms with Crippen LogP contribution in [0.3, 0.4) is 0 Å². The smallest absolute Gasteiger partial charge is 0.290 e. The molecule has 0 saturated carbocycles. The first kappa shape index (κ1) is 19.1. The van der Waals surface area contributed by atoms with Crippen LogP contribution in [0, 0.1) is 5.92 Å². The van der Waals surface area contributed by atoms with Gasteiger partial charge in [-0.05, 0) is 36.2 Å². The first-order chi connectivity index (χ1) is 11.0. The van der Waals surface area contributed by atoms with Crippen molar-refractivity contribution in [3.63, 3.8) is 0 Å². The van der Waals surface area contributed by atoms with E-state index in [0.29, 0.717) is 15.8 Å². The van der Waals surface area contributed by atoms with Crippen molar-refractivity contribution >= 4 is 58.7 Å². The van der Waals surface area contributed by atoms with Gasteiger partial charge in [0.15, 0.2) is 0 Å². The van der Waals surface area contributed by atoms with Gasteiger partial charge in [0.2, 0.25) is 0 Å². The number of rotatable bonds is 2. The molecule has 8 heteroatoms. The Morgan fingerprint density at radius 1 is 1.42 bits per heavy atom. The third kappa shape index (κ3) is 3.88. The summed E-state index contributed by atoms with van der Waals surface area (Å²) in [5.41, 5.74) is 7.89. The number of thioether (sulfide) groups is 1. The molecule has 0 bridgehead atoms. The number of nitrogens with two attached hydrogens (primary N) is 1. The monoisotopic (exact) mass is 387 g/mol. The molecule has 3 rings (SSSR count). The summed E-state index contributed by atoms with van der Waals surface area (Å²) in [7, 11) is 0. The van der Waals surface area contributed by atoms with E-state index in [9.17, 15) is 9.59 Å². The van der Waals surface area contributed by atoms with Crippen LogP contribution in [0.5, 0.6) is 0 Å². The van der Waals surface area contributed by atoms with Gasteiger partial charge in [-0.25, -0.2) is 0 Å². The fourth-order valence-electron chi connectivity index (χ4n) is 2.85. The molecular weight excluding hydrogens is 369 g/mol. The van der Waals surface area contributed by atoms with Crippen LogP contribution in [-0.2, 0) is 4.79 Å². The molecule has 2 aliphatic heterocycles. The lowest BCUT2D eigenvalue weighted by molar-refractivity contribution is -0.115. The number of carbonyl (C=O) groups is 2. The zero-order chi connectivity index (χ0) is 16.6. The second-order valence-electron chi connectivity index (χ2n) is 5.91. The highest BCUT2D eigenvalue weighted by atomic mass is 35.5. The van der Waals surface area contributed by atoms with Gasteiger partial charge in [0.25, 0.3) is 11.1 Å². The van der Waals surface area contributed by atoms with Crippen LogP contribution >= 0.6 is 35.8 Å². The van der Waals surface area contributed by atoms with Crippen molar-refractivity contribution < 1.29 is 9.59 Å². The topological polar surface area (TPSA) is 75.4 Å². The van der Waals surface area contributed by atoms with Gasteiger partial charge in [-0.1, -0.05) is 30.7 Å². The zero-order valence-electron chi connectivity index (χ0n) is 13.1. The first-order valence-electron chi connectivity index (χ1n) is 7.49. The SMILES string of the molecule is CC1CCN(c2c(Cl)cccc2/C=C2\SC(=O)NC2=O)CC1N.Cl. The van der Waals surface area contributed by atoms with Gasteiger partial charge in [-0.2, -0.15) is 0 Å². The van der Waals surface area contributed by atoms with Gasteiger partial charge >= 0.3 is 0 Å². The molecule has 3 N–H and O–H groups in total. The summed E-state index contributed by atoms with van der Waals surface area (Å²) in [6.45, 7) is 3.75. The summed E-state index contributed by atoms with van der Waals surface area (Å²) < 4.78 is 0. The molecule has 2 fully saturated rings. The van der Waals surface area contributed by atoms with E-state index in [2.05, 4.69) is 17.1 Å². The molecule has 0 spiro atoms. The third-order valence-corrected chi connectivity index (χ3v) is 5.39. The van der Waals surface area contributed by atoms with Crippen LogP contribution in [0.15, 0.2) is 23.1 Å². The molecule has 2 heterocycles. The van der Waals surface area contributed by atoms with Crippen LogP contribution in [0.4, 0.5) is 10.5 Å². The number of amides is 2. The fourth-order valence-corrected chi connectivity index (χ4v) is 3.82. The molecule has 2 amide bonds. The summed E-state index contributed by atoms with van der Waals surface area (Å²) in [6.07, 6.45) is 2.71. The predicted octanol–water partition coefficient (Wildman–Crippen LogP) is 3.26. The van der Waals surface area contributed by atoms with Crippen molar-refractivity contribution in [1.82, 2.24) is 5.32 Å². The molecular formula is C16H19Cl2N3O2S. The lowest BCUT2D eigenvalue weighted by Gasteiger charge is -2.37. The Bertz CT molecular complexity index is 696. The molecule has 130 valence electrons. The second-order valence-corrected chi connectivity index (χ2v) is 7.33. The fraction of sp³-hybridized carbons (Fsp3) is 0.375. The molecule has 2 unspecified atom stereocenters. The molecule has 1 aromatic rings. The number of carbonyl (C=O) groups excluding carboxylic acids is 2. The number of piperidine rings is 1. The first-order valence-corrected chi connectivity index (χ1v) is 8.69. The van der Waals surface area contributed by atoms with E-state index in [-0.39, 0.29) is 29.6 Å². The number of nitrogens with one attached hydrogen (secondary N) is 1. The van der Waals surface area contributed by atoms with Gasteiger partial charge in [0.05, 0.1) is 15.6 Å². The van der Waals surface area contributed by atoms with Gasteiger partial charge in [-0.3, -0.25) is 14.9 Å². The molecule has 24 heavy (non-hydrogen) atoms. The van der Waals surface area contributed by atoms with E-state index in [4.69, 9.17) is 17.3 Å². The molecule has 1 aromatic carbocycles. The van der Waals surface area contributed by atoms with Gasteiger partial charge in [-0.15, -0.1) is 12.4 Å². The molecule has 2 aliphatic rings. The Balaban J connectivity index is 0.00000208. The van der Waals surface area contributed by atoms with E-state index in [0.717, 1.165) is 42.5 Å². The number of benzene rings is 1. The minimum absolute atomic E-state index is 0. The van der Waals surface area contributed by atoms with Crippen molar-refractivity contribution in [2.45, 2.75) is 19.4 Å². The van der Waals surface area contributed by atoms with Gasteiger partial charge in [0.1, 0.15) is 0 Å². The lowest BCUT2D eigenvalue weighted by Crippen LogP contribution is -2.47. The molecule has 5 nitrogen and oxygen atoms in total. The number of nitrogens with zero attached hydrogens (tertiary/aromatic N) is 1. The average molecular weight is 388 g/mol. The van der Waals surface area contributed by atoms with Crippen molar-refractivity contribution in [2.75, 3.05) is 18.0 Å². The molecule has 2 saturated heterocycles. The van der Waals surface area contributed by atoms with Crippen molar-refractivity contribution in [1.29, 1.82) is 0 Å². The summed E-state index contributed by atoms with van der Waals surface area (Å²) in [6, 6.07) is 5.65. The maximum atomic E-state index is 11.8. The Hall–Kier alpha value is -1.21. The lowest BCUT2D eigenvalue weighted by atomic mass is 9.93. The number of hydrogen-bond donors (Lipinski definition) is 2. The third-order valence-electron chi connectivity index (χ3n) is 4.28. The Kier molecular flexibility index (Phi) is 6.20. The van der Waals surface area contributed by atoms with E-state index in [1.165, 1.54) is 0 Å². The van der Waals surface area contributed by atoms with E-state index >= 15 is 0 Å². The van der Waals surface area contributed by atoms with Crippen molar-refractivity contribution in [3.05, 3.63) is 33.7 Å². The highest BCUT2D eigenvalue weighted by Gasteiger charge is 2.28. The number of para-hydroxylation sites is 1. The van der Waals surface area contributed by atoms with Crippen LogP contribution in [-0.4, -0.2) is 30.3 Å². The van der Waals surface area contributed by atoms with E-state index < -0.39 is 0 Å². The van der Waals surface area contributed by atoms with Crippen LogP contribution in [0.25, 0.3) is 6.08 Å². The molecule has 0 radical (unpaired) electrons. The minimum Gasteiger partial charge on any atom is -0.368 e. The number of halogens is 2. The van der Waals surface area contributed by atoms with E-state index in [1.807, 2.05) is 18.2 Å². The summed E-state index contributed by atoms with van der Waals surface area (Å²) >= 11 is 7.32. The highest BCUT2D eigenvalue weighted by molar-refractivity contribution is 8.18. The Morgan fingerprint density at radius 2 is 2.17 bits per heavy atom. The van der Waals surface area contributed by atoms with Gasteiger partial charge < -0.3 is 10.6 Å². The normalized spacial score (nSPS) is 25.6. The van der Waals surface area contributed by atoms with Gasteiger partial charge in [0, 0.05) is 24.7 Å². The second kappa shape index (κ2) is 7.78. The van der Waals surface area contributed by atoms with Crippen LogP contribution in [0.1, 0.15) is 18.9 Å². The van der Waals surface area contributed by atoms with Crippen molar-refractivity contribution in [3.8, 4) is 0 Å². The number of hydrogen-bond acceptors (Lipinski definition) is 5. The van der Waals surface area contributed by atoms with Crippen LogP contribution in [0.2, 0.25) is 5.02 Å². The van der Waals surface area contributed by atoms with Crippen LogP contribution < -0.4 is 16.0 Å². The standard InChI is InChI=1S/C16H18ClN3O2S.ClH/c1-9-5-6-20(8-12(9)18)14-10(3-2-4-11(14)17)7-13-15(21)19-16(22)23-13;/h2-4,7,9,12H,5-6,8,18H2,1H3,(H,19,21,22);1H/b13-7-;. The summed E-state index contributed by atoms with van der Waals surface area (Å²) in [5, 5.41) is 2.54. The number of imide groups is 1. The molecule has 2 atom stereocenters. The summed E-state index contributed by atoms with van der Waals surface area (Å²) in [5.74, 6) is 0.110. The Morgan fingerprint density at radius 3 is 2.79 bits per heavy atom. The molecule has 0 aliphatic carbocycles. The highest BCUT2D eigenvalue weighted by Crippen LogP contribution is 2.36. The predicted molar refractivity (Wildman–Crippen MR) is 102 cm³/mol. The quantitative estimate of drug-likeness (QED) is 0.761. The maximum absolute atomic E-state index is 11.8. The van der Waals surface area contributed by atoms with Crippen molar-refractivity contribution in [2.24, 2.45) is 11.7 Å². The number of anilines is 1. The zero-order valence-corrected chi connectivity index (χ0v) is 15.5. The maximum Gasteiger partial charge on any atom is 0.290 e. The summed E-state index contributed by atoms with van der Waals surface area (Å²) in [4.78, 5) is 25.6. The van der Waals surface area contributed by atoms with E-state index in [1.54, 1.807) is 6.08 Å².